The van der Waals surface area contributed by atoms with E-state index in [-0.39, 0.29) is 5.91 Å². The molecular weight excluding hydrogens is 242 g/mol. The fraction of sp³-hybridized carbons (Fsp3) is 0.429. The third-order valence-electron chi connectivity index (χ3n) is 2.95. The molecule has 0 aliphatic carbocycles. The van der Waals surface area contributed by atoms with Gasteiger partial charge >= 0.3 is 0 Å². The Bertz CT molecular complexity index is 437. The molecule has 1 fully saturated rings. The summed E-state index contributed by atoms with van der Waals surface area (Å²) in [6.45, 7) is 5.39. The molecule has 0 saturated carbocycles. The van der Waals surface area contributed by atoms with E-state index in [0.29, 0.717) is 19.8 Å². The van der Waals surface area contributed by atoms with Gasteiger partial charge in [0, 0.05) is 13.1 Å². The van der Waals surface area contributed by atoms with E-state index in [9.17, 15) is 4.79 Å². The highest BCUT2D eigenvalue weighted by Crippen LogP contribution is 2.00. The van der Waals surface area contributed by atoms with E-state index in [4.69, 9.17) is 4.74 Å². The van der Waals surface area contributed by atoms with Crippen molar-refractivity contribution in [3.05, 3.63) is 35.4 Å². The second-order valence-electron chi connectivity index (χ2n) is 4.59. The van der Waals surface area contributed by atoms with Crippen LogP contribution in [0.2, 0.25) is 0 Å². The van der Waals surface area contributed by atoms with Crippen molar-refractivity contribution in [2.75, 3.05) is 32.8 Å². The molecule has 1 N–H and O–H groups in total. The van der Waals surface area contributed by atoms with Gasteiger partial charge in [-0.2, -0.15) is 5.10 Å². The van der Waals surface area contributed by atoms with Crippen molar-refractivity contribution < 1.29 is 9.53 Å². The number of benzene rings is 1. The predicted molar refractivity (Wildman–Crippen MR) is 74.2 cm³/mol. The normalized spacial score (nSPS) is 16.7. The minimum absolute atomic E-state index is 0.0924. The van der Waals surface area contributed by atoms with Crippen LogP contribution in [-0.4, -0.2) is 49.9 Å². The predicted octanol–water partition coefficient (Wildman–Crippen LogP) is 0.777. The van der Waals surface area contributed by atoms with Crippen LogP contribution >= 0.6 is 0 Å². The SMILES string of the molecule is Cc1ccc(/C=N\NC(=O)CN2CCOCC2)cc1. The summed E-state index contributed by atoms with van der Waals surface area (Å²) >= 11 is 0. The zero-order valence-corrected chi connectivity index (χ0v) is 11.1. The van der Waals surface area contributed by atoms with Gasteiger partial charge in [-0.25, -0.2) is 5.43 Å². The van der Waals surface area contributed by atoms with Crippen LogP contribution < -0.4 is 5.43 Å². The van der Waals surface area contributed by atoms with Gasteiger partial charge in [0.2, 0.25) is 0 Å². The van der Waals surface area contributed by atoms with E-state index in [0.717, 1.165) is 18.7 Å². The molecule has 1 aromatic carbocycles. The Morgan fingerprint density at radius 2 is 2.05 bits per heavy atom. The topological polar surface area (TPSA) is 53.9 Å². The Balaban J connectivity index is 1.74. The van der Waals surface area contributed by atoms with Gasteiger partial charge in [0.25, 0.3) is 5.91 Å². The maximum Gasteiger partial charge on any atom is 0.254 e. The molecule has 0 spiro atoms. The summed E-state index contributed by atoms with van der Waals surface area (Å²) in [4.78, 5) is 13.7. The van der Waals surface area contributed by atoms with E-state index in [1.165, 1.54) is 5.56 Å². The fourth-order valence-corrected chi connectivity index (χ4v) is 1.83. The summed E-state index contributed by atoms with van der Waals surface area (Å²) in [5.74, 6) is -0.0924. The molecule has 102 valence electrons. The van der Waals surface area contributed by atoms with Gasteiger partial charge in [-0.15, -0.1) is 0 Å². The molecule has 0 bridgehead atoms. The molecular formula is C14H19N3O2. The van der Waals surface area contributed by atoms with E-state index in [2.05, 4.69) is 15.4 Å². The number of morpholine rings is 1. The van der Waals surface area contributed by atoms with Crippen molar-refractivity contribution >= 4 is 12.1 Å². The molecule has 0 atom stereocenters. The average Bonchev–Trinajstić information content (AvgIpc) is 2.42. The second kappa shape index (κ2) is 7.01. The van der Waals surface area contributed by atoms with Crippen LogP contribution in [0.15, 0.2) is 29.4 Å². The number of hydrazone groups is 1. The van der Waals surface area contributed by atoms with Crippen molar-refractivity contribution in [1.82, 2.24) is 10.3 Å². The lowest BCUT2D eigenvalue weighted by atomic mass is 10.2. The van der Waals surface area contributed by atoms with E-state index >= 15 is 0 Å². The smallest absolute Gasteiger partial charge is 0.254 e. The fourth-order valence-electron chi connectivity index (χ4n) is 1.83. The first-order chi connectivity index (χ1) is 9.24. The van der Waals surface area contributed by atoms with Crippen molar-refractivity contribution in [1.29, 1.82) is 0 Å². The Morgan fingerprint density at radius 3 is 2.74 bits per heavy atom. The van der Waals surface area contributed by atoms with Gasteiger partial charge in [-0.3, -0.25) is 9.69 Å². The van der Waals surface area contributed by atoms with E-state index in [1.54, 1.807) is 6.21 Å². The number of carbonyl (C=O) groups excluding carboxylic acids is 1. The lowest BCUT2D eigenvalue weighted by molar-refractivity contribution is -0.123. The standard InChI is InChI=1S/C14H19N3O2/c1-12-2-4-13(5-3-12)10-15-16-14(18)11-17-6-8-19-9-7-17/h2-5,10H,6-9,11H2,1H3,(H,16,18)/b15-10-. The third-order valence-corrected chi connectivity index (χ3v) is 2.95. The summed E-state index contributed by atoms with van der Waals surface area (Å²) in [5.41, 5.74) is 4.71. The van der Waals surface area contributed by atoms with Crippen LogP contribution in [0.5, 0.6) is 0 Å². The Kier molecular flexibility index (Phi) is 5.06. The summed E-state index contributed by atoms with van der Waals surface area (Å²) in [6, 6.07) is 7.95. The van der Waals surface area contributed by atoms with Crippen LogP contribution in [0.1, 0.15) is 11.1 Å². The molecule has 19 heavy (non-hydrogen) atoms. The molecule has 1 aliphatic heterocycles. The number of nitrogens with one attached hydrogen (secondary N) is 1. The monoisotopic (exact) mass is 261 g/mol. The Hall–Kier alpha value is -1.72. The van der Waals surface area contributed by atoms with Crippen molar-refractivity contribution in [3.63, 3.8) is 0 Å². The van der Waals surface area contributed by atoms with Crippen molar-refractivity contribution in [3.8, 4) is 0 Å². The molecule has 1 amide bonds. The third kappa shape index (κ3) is 4.81. The highest BCUT2D eigenvalue weighted by Gasteiger charge is 2.13. The zero-order valence-electron chi connectivity index (χ0n) is 11.1. The Labute approximate surface area is 113 Å². The number of hydrogen-bond acceptors (Lipinski definition) is 4. The van der Waals surface area contributed by atoms with Crippen LogP contribution in [-0.2, 0) is 9.53 Å². The minimum Gasteiger partial charge on any atom is -0.379 e. The molecule has 1 aliphatic rings. The number of hydrogen-bond donors (Lipinski definition) is 1. The lowest BCUT2D eigenvalue weighted by Crippen LogP contribution is -2.42. The summed E-state index contributed by atoms with van der Waals surface area (Å²) < 4.78 is 5.23. The van der Waals surface area contributed by atoms with Gasteiger partial charge in [-0.1, -0.05) is 29.8 Å². The summed E-state index contributed by atoms with van der Waals surface area (Å²) in [6.07, 6.45) is 1.65. The number of nitrogens with zero attached hydrogens (tertiary/aromatic N) is 2. The number of rotatable bonds is 4. The molecule has 0 radical (unpaired) electrons. The molecule has 2 rings (SSSR count). The molecule has 5 nitrogen and oxygen atoms in total. The molecule has 0 unspecified atom stereocenters. The molecule has 5 heteroatoms. The number of amides is 1. The first-order valence-electron chi connectivity index (χ1n) is 6.43. The highest BCUT2D eigenvalue weighted by molar-refractivity contribution is 5.83. The van der Waals surface area contributed by atoms with E-state index < -0.39 is 0 Å². The van der Waals surface area contributed by atoms with Gasteiger partial charge in [0.05, 0.1) is 26.0 Å². The minimum atomic E-state index is -0.0924. The number of aryl methyl sites for hydroxylation is 1. The van der Waals surface area contributed by atoms with Gasteiger partial charge in [0.15, 0.2) is 0 Å². The van der Waals surface area contributed by atoms with Gasteiger partial charge < -0.3 is 4.74 Å². The van der Waals surface area contributed by atoms with Crippen molar-refractivity contribution in [2.24, 2.45) is 5.10 Å². The summed E-state index contributed by atoms with van der Waals surface area (Å²) in [7, 11) is 0. The second-order valence-corrected chi connectivity index (χ2v) is 4.59. The van der Waals surface area contributed by atoms with Gasteiger partial charge in [0.1, 0.15) is 0 Å². The first-order valence-corrected chi connectivity index (χ1v) is 6.43. The first kappa shape index (κ1) is 13.7. The molecule has 1 saturated heterocycles. The molecule has 1 heterocycles. The maximum absolute atomic E-state index is 11.6. The zero-order chi connectivity index (χ0) is 13.5. The van der Waals surface area contributed by atoms with Crippen LogP contribution in [0.3, 0.4) is 0 Å². The van der Waals surface area contributed by atoms with Crippen LogP contribution in [0.25, 0.3) is 0 Å². The number of carbonyl (C=O) groups is 1. The van der Waals surface area contributed by atoms with Crippen LogP contribution in [0, 0.1) is 6.92 Å². The largest absolute Gasteiger partial charge is 0.379 e. The Morgan fingerprint density at radius 1 is 1.37 bits per heavy atom. The maximum atomic E-state index is 11.6. The average molecular weight is 261 g/mol. The molecule has 1 aromatic rings. The molecule has 0 aromatic heterocycles. The number of ether oxygens (including phenoxy) is 1. The summed E-state index contributed by atoms with van der Waals surface area (Å²) in [5, 5.41) is 3.95. The lowest BCUT2D eigenvalue weighted by Gasteiger charge is -2.25. The van der Waals surface area contributed by atoms with Gasteiger partial charge in [-0.05, 0) is 12.5 Å². The quantitative estimate of drug-likeness (QED) is 0.643. The van der Waals surface area contributed by atoms with E-state index in [1.807, 2.05) is 31.2 Å². The van der Waals surface area contributed by atoms with Crippen molar-refractivity contribution in [2.45, 2.75) is 6.92 Å². The van der Waals surface area contributed by atoms with Crippen LogP contribution in [0.4, 0.5) is 0 Å². The highest BCUT2D eigenvalue weighted by atomic mass is 16.5.